The van der Waals surface area contributed by atoms with Gasteiger partial charge < -0.3 is 14.8 Å². The summed E-state index contributed by atoms with van der Waals surface area (Å²) in [5.41, 5.74) is 0.187. The molecule has 1 aromatic rings. The zero-order valence-electron chi connectivity index (χ0n) is 13.8. The quantitative estimate of drug-likeness (QED) is 0.784. The van der Waals surface area contributed by atoms with Crippen molar-refractivity contribution < 1.29 is 9.47 Å². The van der Waals surface area contributed by atoms with E-state index in [1.165, 1.54) is 6.42 Å². The van der Waals surface area contributed by atoms with Crippen LogP contribution in [0.4, 0.5) is 0 Å². The molecule has 2 atom stereocenters. The van der Waals surface area contributed by atoms with E-state index in [0.717, 1.165) is 37.5 Å². The minimum Gasteiger partial charge on any atom is -0.494 e. The molecule has 0 spiro atoms. The minimum atomic E-state index is 0.187. The third-order valence-electron chi connectivity index (χ3n) is 4.39. The molecule has 1 saturated carbocycles. The molecule has 0 aromatic heterocycles. The number of rotatable bonds is 8. The Hall–Kier alpha value is -1.22. The van der Waals surface area contributed by atoms with Gasteiger partial charge in [-0.2, -0.15) is 0 Å². The van der Waals surface area contributed by atoms with Crippen LogP contribution in [-0.2, 0) is 0 Å². The Morgan fingerprint density at radius 3 is 2.33 bits per heavy atom. The predicted molar refractivity (Wildman–Crippen MR) is 87.1 cm³/mol. The van der Waals surface area contributed by atoms with Gasteiger partial charge in [0, 0.05) is 17.9 Å². The highest BCUT2D eigenvalue weighted by atomic mass is 16.5. The van der Waals surface area contributed by atoms with Crippen LogP contribution in [0.15, 0.2) is 24.3 Å². The lowest BCUT2D eigenvalue weighted by atomic mass is 9.64. The first-order valence-corrected chi connectivity index (χ1v) is 8.20. The van der Waals surface area contributed by atoms with Crippen LogP contribution in [0, 0.1) is 5.41 Å². The first-order valence-electron chi connectivity index (χ1n) is 8.20. The third-order valence-corrected chi connectivity index (χ3v) is 4.39. The smallest absolute Gasteiger partial charge is 0.120 e. The highest BCUT2D eigenvalue weighted by molar-refractivity contribution is 5.31. The summed E-state index contributed by atoms with van der Waals surface area (Å²) in [4.78, 5) is 0. The van der Waals surface area contributed by atoms with E-state index in [9.17, 15) is 0 Å². The SMILES string of the molecule is CCCNC1CC(Oc2ccc(OCCC)cc2)C1(C)C. The molecule has 1 aromatic carbocycles. The topological polar surface area (TPSA) is 30.5 Å². The van der Waals surface area contributed by atoms with Gasteiger partial charge in [0.15, 0.2) is 0 Å². The first-order chi connectivity index (χ1) is 10.1. The van der Waals surface area contributed by atoms with Crippen molar-refractivity contribution in [2.45, 2.75) is 59.1 Å². The highest BCUT2D eigenvalue weighted by Crippen LogP contribution is 2.43. The molecule has 3 heteroatoms. The molecule has 1 aliphatic carbocycles. The van der Waals surface area contributed by atoms with Crippen LogP contribution >= 0.6 is 0 Å². The van der Waals surface area contributed by atoms with E-state index in [1.54, 1.807) is 0 Å². The Labute approximate surface area is 129 Å². The van der Waals surface area contributed by atoms with Gasteiger partial charge in [-0.1, -0.05) is 27.7 Å². The summed E-state index contributed by atoms with van der Waals surface area (Å²) < 4.78 is 11.7. The number of benzene rings is 1. The van der Waals surface area contributed by atoms with E-state index in [1.807, 2.05) is 24.3 Å². The molecule has 0 amide bonds. The molecule has 118 valence electrons. The fourth-order valence-corrected chi connectivity index (χ4v) is 2.75. The summed E-state index contributed by atoms with van der Waals surface area (Å²) in [5, 5.41) is 3.61. The molecule has 0 bridgehead atoms. The average Bonchev–Trinajstić information content (AvgIpc) is 2.49. The van der Waals surface area contributed by atoms with Gasteiger partial charge >= 0.3 is 0 Å². The summed E-state index contributed by atoms with van der Waals surface area (Å²) in [6.07, 6.45) is 3.58. The van der Waals surface area contributed by atoms with Crippen molar-refractivity contribution in [1.29, 1.82) is 0 Å². The molecule has 0 heterocycles. The van der Waals surface area contributed by atoms with E-state index >= 15 is 0 Å². The molecule has 0 radical (unpaired) electrons. The molecule has 2 rings (SSSR count). The molecule has 21 heavy (non-hydrogen) atoms. The summed E-state index contributed by atoms with van der Waals surface area (Å²) in [6, 6.07) is 8.56. The van der Waals surface area contributed by atoms with Gasteiger partial charge in [0.25, 0.3) is 0 Å². The zero-order chi connectivity index (χ0) is 15.3. The molecular weight excluding hydrogens is 262 g/mol. The first kappa shape index (κ1) is 16.2. The van der Waals surface area contributed by atoms with Crippen LogP contribution in [0.2, 0.25) is 0 Å². The second-order valence-electron chi connectivity index (χ2n) is 6.49. The van der Waals surface area contributed by atoms with Crippen molar-refractivity contribution in [2.75, 3.05) is 13.2 Å². The molecule has 1 fully saturated rings. The molecule has 0 aliphatic heterocycles. The van der Waals surface area contributed by atoms with Crippen LogP contribution in [-0.4, -0.2) is 25.3 Å². The van der Waals surface area contributed by atoms with Crippen molar-refractivity contribution in [3.05, 3.63) is 24.3 Å². The lowest BCUT2D eigenvalue weighted by Gasteiger charge is -2.51. The van der Waals surface area contributed by atoms with Crippen LogP contribution in [0.25, 0.3) is 0 Å². The van der Waals surface area contributed by atoms with Crippen LogP contribution in [0.5, 0.6) is 11.5 Å². The van der Waals surface area contributed by atoms with Crippen molar-refractivity contribution in [3.8, 4) is 11.5 Å². The van der Waals surface area contributed by atoms with E-state index in [-0.39, 0.29) is 11.5 Å². The Morgan fingerprint density at radius 2 is 1.76 bits per heavy atom. The van der Waals surface area contributed by atoms with Crippen LogP contribution in [0.1, 0.15) is 47.0 Å². The Balaban J connectivity index is 1.85. The fraction of sp³-hybridized carbons (Fsp3) is 0.667. The van der Waals surface area contributed by atoms with E-state index in [0.29, 0.717) is 6.04 Å². The molecule has 2 unspecified atom stereocenters. The maximum absolute atomic E-state index is 6.14. The van der Waals surface area contributed by atoms with Crippen molar-refractivity contribution in [3.63, 3.8) is 0 Å². The van der Waals surface area contributed by atoms with Crippen molar-refractivity contribution in [1.82, 2.24) is 5.32 Å². The highest BCUT2D eigenvalue weighted by Gasteiger charge is 2.49. The maximum Gasteiger partial charge on any atom is 0.120 e. The van der Waals surface area contributed by atoms with Gasteiger partial charge in [-0.15, -0.1) is 0 Å². The van der Waals surface area contributed by atoms with E-state index < -0.39 is 0 Å². The van der Waals surface area contributed by atoms with Crippen LogP contribution < -0.4 is 14.8 Å². The Bertz CT molecular complexity index is 427. The molecular formula is C18H29NO2. The Kier molecular flexibility index (Phi) is 5.51. The number of hydrogen-bond donors (Lipinski definition) is 1. The summed E-state index contributed by atoms with van der Waals surface area (Å²) >= 11 is 0. The van der Waals surface area contributed by atoms with Crippen molar-refractivity contribution >= 4 is 0 Å². The number of nitrogens with one attached hydrogen (secondary N) is 1. The molecule has 1 N–H and O–H groups in total. The second-order valence-corrected chi connectivity index (χ2v) is 6.49. The lowest BCUT2D eigenvalue weighted by molar-refractivity contribution is -0.0546. The largest absolute Gasteiger partial charge is 0.494 e. The van der Waals surface area contributed by atoms with Crippen molar-refractivity contribution in [2.24, 2.45) is 5.41 Å². The normalized spacial score (nSPS) is 23.4. The van der Waals surface area contributed by atoms with Gasteiger partial charge in [0.1, 0.15) is 17.6 Å². The number of ether oxygens (including phenoxy) is 2. The predicted octanol–water partition coefficient (Wildman–Crippen LogP) is 4.02. The molecule has 3 nitrogen and oxygen atoms in total. The standard InChI is InChI=1S/C18H29NO2/c1-5-11-19-16-13-17(18(16,3)4)21-15-9-7-14(8-10-15)20-12-6-2/h7-10,16-17,19H,5-6,11-13H2,1-4H3. The van der Waals surface area contributed by atoms with Crippen LogP contribution in [0.3, 0.4) is 0 Å². The van der Waals surface area contributed by atoms with E-state index in [2.05, 4.69) is 33.0 Å². The maximum atomic E-state index is 6.14. The molecule has 1 aliphatic rings. The van der Waals surface area contributed by atoms with Gasteiger partial charge in [0.05, 0.1) is 6.61 Å². The van der Waals surface area contributed by atoms with Gasteiger partial charge in [-0.25, -0.2) is 0 Å². The lowest BCUT2D eigenvalue weighted by Crippen LogP contribution is -2.62. The monoisotopic (exact) mass is 291 g/mol. The van der Waals surface area contributed by atoms with Gasteiger partial charge in [-0.05, 0) is 43.7 Å². The third kappa shape index (κ3) is 3.91. The fourth-order valence-electron chi connectivity index (χ4n) is 2.75. The summed E-state index contributed by atoms with van der Waals surface area (Å²) in [6.45, 7) is 10.7. The van der Waals surface area contributed by atoms with Gasteiger partial charge in [-0.3, -0.25) is 0 Å². The number of hydrogen-bond acceptors (Lipinski definition) is 3. The second kappa shape index (κ2) is 7.17. The minimum absolute atomic E-state index is 0.187. The Morgan fingerprint density at radius 1 is 1.10 bits per heavy atom. The summed E-state index contributed by atoms with van der Waals surface area (Å²) in [5.74, 6) is 1.85. The zero-order valence-corrected chi connectivity index (χ0v) is 13.8. The average molecular weight is 291 g/mol. The summed E-state index contributed by atoms with van der Waals surface area (Å²) in [7, 11) is 0. The molecule has 0 saturated heterocycles. The van der Waals surface area contributed by atoms with E-state index in [4.69, 9.17) is 9.47 Å². The van der Waals surface area contributed by atoms with Gasteiger partial charge in [0.2, 0.25) is 0 Å².